The van der Waals surface area contributed by atoms with Crippen LogP contribution in [0, 0.1) is 0 Å². The largest absolute Gasteiger partial charge is 0.354 e. The molecule has 2 aliphatic rings. The summed E-state index contributed by atoms with van der Waals surface area (Å²) in [5.74, 6) is 2.72. The van der Waals surface area contributed by atoms with Gasteiger partial charge < -0.3 is 14.3 Å². The summed E-state index contributed by atoms with van der Waals surface area (Å²) in [6.07, 6.45) is 5.30. The second kappa shape index (κ2) is 8.67. The van der Waals surface area contributed by atoms with E-state index in [1.54, 1.807) is 6.20 Å². The van der Waals surface area contributed by atoms with Gasteiger partial charge in [0.15, 0.2) is 5.82 Å². The summed E-state index contributed by atoms with van der Waals surface area (Å²) in [6, 6.07) is 11.3. The molecule has 5 rings (SSSR count). The molecule has 1 saturated carbocycles. The standard InChI is InChI=1S/C23H24ClN5O2/c24-18-8-4-16(5-9-18)15-20(30)28-11-2-12-29(14-13-28)22-19(3-1-10-25-22)23-26-21(27-31-23)17-6-7-17/h1,3-5,8-10,17H,2,6-7,11-15H2. The van der Waals surface area contributed by atoms with Crippen LogP contribution in [-0.2, 0) is 11.2 Å². The monoisotopic (exact) mass is 437 g/mol. The zero-order valence-electron chi connectivity index (χ0n) is 17.2. The predicted molar refractivity (Wildman–Crippen MR) is 118 cm³/mol. The minimum absolute atomic E-state index is 0.136. The van der Waals surface area contributed by atoms with Crippen molar-refractivity contribution < 1.29 is 9.32 Å². The molecule has 1 aromatic carbocycles. The molecule has 3 heterocycles. The molecule has 0 atom stereocenters. The van der Waals surface area contributed by atoms with Crippen LogP contribution >= 0.6 is 11.6 Å². The summed E-state index contributed by atoms with van der Waals surface area (Å²) >= 11 is 5.95. The smallest absolute Gasteiger partial charge is 0.261 e. The molecular weight excluding hydrogens is 414 g/mol. The number of carbonyl (C=O) groups excluding carboxylic acids is 1. The summed E-state index contributed by atoms with van der Waals surface area (Å²) in [5.41, 5.74) is 1.83. The highest BCUT2D eigenvalue weighted by atomic mass is 35.5. The Balaban J connectivity index is 1.28. The van der Waals surface area contributed by atoms with Gasteiger partial charge in [-0.05, 0) is 49.1 Å². The van der Waals surface area contributed by atoms with Gasteiger partial charge in [-0.1, -0.05) is 28.9 Å². The highest BCUT2D eigenvalue weighted by molar-refractivity contribution is 6.30. The Kier molecular flexibility index (Phi) is 5.59. The Labute approximate surface area is 186 Å². The Morgan fingerprint density at radius 1 is 1.10 bits per heavy atom. The van der Waals surface area contributed by atoms with Crippen molar-refractivity contribution in [1.29, 1.82) is 0 Å². The second-order valence-electron chi connectivity index (χ2n) is 8.13. The number of aromatic nitrogens is 3. The zero-order valence-corrected chi connectivity index (χ0v) is 18.0. The van der Waals surface area contributed by atoms with Crippen LogP contribution < -0.4 is 4.90 Å². The summed E-state index contributed by atoms with van der Waals surface area (Å²) in [6.45, 7) is 2.91. The molecule has 0 radical (unpaired) electrons. The van der Waals surface area contributed by atoms with Crippen LogP contribution in [0.1, 0.15) is 36.6 Å². The van der Waals surface area contributed by atoms with E-state index in [9.17, 15) is 4.79 Å². The molecule has 3 aromatic rings. The maximum Gasteiger partial charge on any atom is 0.261 e. The van der Waals surface area contributed by atoms with Crippen molar-refractivity contribution in [3.63, 3.8) is 0 Å². The first-order valence-electron chi connectivity index (χ1n) is 10.7. The summed E-state index contributed by atoms with van der Waals surface area (Å²) in [5, 5.41) is 4.83. The van der Waals surface area contributed by atoms with E-state index in [2.05, 4.69) is 20.0 Å². The van der Waals surface area contributed by atoms with Crippen molar-refractivity contribution in [2.75, 3.05) is 31.1 Å². The average molecular weight is 438 g/mol. The molecule has 7 nitrogen and oxygen atoms in total. The number of hydrogen-bond acceptors (Lipinski definition) is 6. The van der Waals surface area contributed by atoms with Crippen molar-refractivity contribution in [3.8, 4) is 11.5 Å². The van der Waals surface area contributed by atoms with Gasteiger partial charge in [0, 0.05) is 43.3 Å². The van der Waals surface area contributed by atoms with Crippen molar-refractivity contribution in [2.24, 2.45) is 0 Å². The minimum atomic E-state index is 0.136. The first kappa shape index (κ1) is 20.0. The molecule has 1 saturated heterocycles. The number of nitrogens with zero attached hydrogens (tertiary/aromatic N) is 5. The van der Waals surface area contributed by atoms with Crippen LogP contribution in [0.4, 0.5) is 5.82 Å². The summed E-state index contributed by atoms with van der Waals surface area (Å²) < 4.78 is 5.55. The Morgan fingerprint density at radius 3 is 2.74 bits per heavy atom. The lowest BCUT2D eigenvalue weighted by molar-refractivity contribution is -0.130. The Hall–Kier alpha value is -2.93. The quantitative estimate of drug-likeness (QED) is 0.601. The number of rotatable bonds is 5. The van der Waals surface area contributed by atoms with Crippen LogP contribution in [0.2, 0.25) is 5.02 Å². The molecule has 31 heavy (non-hydrogen) atoms. The molecule has 8 heteroatoms. The molecule has 1 amide bonds. The minimum Gasteiger partial charge on any atom is -0.354 e. The molecule has 2 fully saturated rings. The number of anilines is 1. The normalized spacial score (nSPS) is 16.9. The van der Waals surface area contributed by atoms with E-state index in [1.165, 1.54) is 0 Å². The fourth-order valence-corrected chi connectivity index (χ4v) is 4.06. The van der Waals surface area contributed by atoms with E-state index in [4.69, 9.17) is 16.1 Å². The van der Waals surface area contributed by atoms with Crippen LogP contribution in [0.25, 0.3) is 11.5 Å². The number of pyridine rings is 1. The third-order valence-corrected chi connectivity index (χ3v) is 6.07. The van der Waals surface area contributed by atoms with Gasteiger partial charge in [0.1, 0.15) is 5.82 Å². The molecule has 0 bridgehead atoms. The molecular formula is C23H24ClN5O2. The highest BCUT2D eigenvalue weighted by Crippen LogP contribution is 2.39. The first-order chi connectivity index (χ1) is 15.2. The lowest BCUT2D eigenvalue weighted by Gasteiger charge is -2.24. The van der Waals surface area contributed by atoms with Gasteiger partial charge in [0.05, 0.1) is 12.0 Å². The fourth-order valence-electron chi connectivity index (χ4n) is 3.93. The molecule has 2 aromatic heterocycles. The SMILES string of the molecule is O=C(Cc1ccc(Cl)cc1)N1CCCN(c2ncccc2-c2nc(C3CC3)no2)CC1. The van der Waals surface area contributed by atoms with Gasteiger partial charge in [-0.25, -0.2) is 4.98 Å². The van der Waals surface area contributed by atoms with Crippen molar-refractivity contribution in [2.45, 2.75) is 31.6 Å². The van der Waals surface area contributed by atoms with Gasteiger partial charge >= 0.3 is 0 Å². The molecule has 160 valence electrons. The Morgan fingerprint density at radius 2 is 1.94 bits per heavy atom. The van der Waals surface area contributed by atoms with Crippen molar-refractivity contribution >= 4 is 23.3 Å². The average Bonchev–Trinajstić information content (AvgIpc) is 3.57. The molecule has 1 aliphatic heterocycles. The van der Waals surface area contributed by atoms with E-state index < -0.39 is 0 Å². The number of carbonyl (C=O) groups is 1. The second-order valence-corrected chi connectivity index (χ2v) is 8.57. The maximum absolute atomic E-state index is 12.8. The van der Waals surface area contributed by atoms with Crippen LogP contribution in [0.15, 0.2) is 47.1 Å². The summed E-state index contributed by atoms with van der Waals surface area (Å²) in [7, 11) is 0. The highest BCUT2D eigenvalue weighted by Gasteiger charge is 2.30. The number of amides is 1. The van der Waals surface area contributed by atoms with Crippen LogP contribution in [-0.4, -0.2) is 52.1 Å². The number of halogens is 1. The lowest BCUT2D eigenvalue weighted by atomic mass is 10.1. The van der Waals surface area contributed by atoms with Crippen molar-refractivity contribution in [1.82, 2.24) is 20.0 Å². The van der Waals surface area contributed by atoms with E-state index in [0.29, 0.717) is 36.3 Å². The number of hydrogen-bond donors (Lipinski definition) is 0. The molecule has 0 spiro atoms. The number of benzene rings is 1. The molecule has 0 unspecified atom stereocenters. The lowest BCUT2D eigenvalue weighted by Crippen LogP contribution is -2.36. The van der Waals surface area contributed by atoms with E-state index >= 15 is 0 Å². The van der Waals surface area contributed by atoms with Gasteiger partial charge in [0.2, 0.25) is 5.91 Å². The van der Waals surface area contributed by atoms with Crippen LogP contribution in [0.3, 0.4) is 0 Å². The summed E-state index contributed by atoms with van der Waals surface area (Å²) in [4.78, 5) is 26.2. The van der Waals surface area contributed by atoms with Gasteiger partial charge in [-0.2, -0.15) is 4.98 Å². The van der Waals surface area contributed by atoms with Crippen LogP contribution in [0.5, 0.6) is 0 Å². The van der Waals surface area contributed by atoms with E-state index in [1.807, 2.05) is 41.3 Å². The topological polar surface area (TPSA) is 75.4 Å². The van der Waals surface area contributed by atoms with Gasteiger partial charge in [0.25, 0.3) is 5.89 Å². The molecule has 0 N–H and O–H groups in total. The first-order valence-corrected chi connectivity index (χ1v) is 11.1. The third-order valence-electron chi connectivity index (χ3n) is 5.82. The predicted octanol–water partition coefficient (Wildman–Crippen LogP) is 3.94. The van der Waals surface area contributed by atoms with E-state index in [-0.39, 0.29) is 5.91 Å². The third kappa shape index (κ3) is 4.56. The zero-order chi connectivity index (χ0) is 21.2. The van der Waals surface area contributed by atoms with Gasteiger partial charge in [-0.15, -0.1) is 0 Å². The fraction of sp³-hybridized carbons (Fsp3) is 0.391. The maximum atomic E-state index is 12.8. The molecule has 1 aliphatic carbocycles. The van der Waals surface area contributed by atoms with Crippen molar-refractivity contribution in [3.05, 3.63) is 59.0 Å². The van der Waals surface area contributed by atoms with Gasteiger partial charge in [-0.3, -0.25) is 4.79 Å². The Bertz CT molecular complexity index is 1060. The van der Waals surface area contributed by atoms with E-state index in [0.717, 1.165) is 55.1 Å².